The van der Waals surface area contributed by atoms with Gasteiger partial charge in [-0.25, -0.2) is 0 Å². The van der Waals surface area contributed by atoms with Crippen LogP contribution in [0.4, 0.5) is 5.69 Å². The van der Waals surface area contributed by atoms with Crippen LogP contribution in [0.5, 0.6) is 0 Å². The molecule has 0 aliphatic carbocycles. The average molecular weight is 206 g/mol. The number of nitrogens with one attached hydrogen (secondary N) is 2. The van der Waals surface area contributed by atoms with Crippen molar-refractivity contribution in [3.05, 3.63) is 29.8 Å². The lowest BCUT2D eigenvalue weighted by Crippen LogP contribution is -2.28. The number of hydrogen-bond donors (Lipinski definition) is 3. The lowest BCUT2D eigenvalue weighted by molar-refractivity contribution is -0.117. The predicted octanol–water partition coefficient (Wildman–Crippen LogP) is 0.652. The Labute approximate surface area is 88.3 Å². The van der Waals surface area contributed by atoms with E-state index in [1.54, 1.807) is 0 Å². The molecule has 0 saturated heterocycles. The zero-order valence-electron chi connectivity index (χ0n) is 8.36. The van der Waals surface area contributed by atoms with Gasteiger partial charge in [-0.05, 0) is 19.0 Å². The maximum Gasteiger partial charge on any atom is 0.246 e. The summed E-state index contributed by atoms with van der Waals surface area (Å²) in [7, 11) is 0. The van der Waals surface area contributed by atoms with E-state index in [4.69, 9.17) is 5.11 Å². The van der Waals surface area contributed by atoms with Gasteiger partial charge < -0.3 is 15.7 Å². The van der Waals surface area contributed by atoms with Gasteiger partial charge >= 0.3 is 0 Å². The smallest absolute Gasteiger partial charge is 0.246 e. The van der Waals surface area contributed by atoms with Crippen molar-refractivity contribution in [3.8, 4) is 0 Å². The fourth-order valence-corrected chi connectivity index (χ4v) is 1.74. The number of hydrogen-bond acceptors (Lipinski definition) is 3. The van der Waals surface area contributed by atoms with Crippen LogP contribution in [0.15, 0.2) is 24.3 Å². The third kappa shape index (κ3) is 2.00. The molecule has 15 heavy (non-hydrogen) atoms. The Kier molecular flexibility index (Phi) is 2.99. The van der Waals surface area contributed by atoms with Crippen LogP contribution in [0.25, 0.3) is 0 Å². The molecule has 1 aromatic rings. The van der Waals surface area contributed by atoms with E-state index in [-0.39, 0.29) is 18.6 Å². The van der Waals surface area contributed by atoms with Crippen molar-refractivity contribution >= 4 is 11.6 Å². The van der Waals surface area contributed by atoms with E-state index in [0.717, 1.165) is 11.3 Å². The molecule has 3 N–H and O–H groups in total. The summed E-state index contributed by atoms with van der Waals surface area (Å²) in [5.74, 6) is -0.0193. The summed E-state index contributed by atoms with van der Waals surface area (Å²) in [6.45, 7) is 0.784. The summed E-state index contributed by atoms with van der Waals surface area (Å²) in [5.41, 5.74) is 1.87. The number of para-hydroxylation sites is 1. The molecule has 0 saturated carbocycles. The zero-order valence-corrected chi connectivity index (χ0v) is 8.36. The fourth-order valence-electron chi connectivity index (χ4n) is 1.74. The van der Waals surface area contributed by atoms with Gasteiger partial charge in [0.2, 0.25) is 5.91 Å². The molecule has 0 aromatic heterocycles. The van der Waals surface area contributed by atoms with Crippen LogP contribution in [0.3, 0.4) is 0 Å². The van der Waals surface area contributed by atoms with Crippen LogP contribution in [0.1, 0.15) is 18.0 Å². The molecule has 0 spiro atoms. The molecule has 1 aromatic carbocycles. The van der Waals surface area contributed by atoms with E-state index in [9.17, 15) is 4.79 Å². The van der Waals surface area contributed by atoms with Crippen LogP contribution in [-0.4, -0.2) is 24.2 Å². The molecule has 1 heterocycles. The Morgan fingerprint density at radius 2 is 2.20 bits per heavy atom. The summed E-state index contributed by atoms with van der Waals surface area (Å²) in [4.78, 5) is 11.6. The van der Waals surface area contributed by atoms with Gasteiger partial charge in [0.05, 0.1) is 0 Å². The summed E-state index contributed by atoms with van der Waals surface area (Å²) in [5, 5.41) is 14.6. The number of carbonyl (C=O) groups excluding carboxylic acids is 1. The van der Waals surface area contributed by atoms with Crippen LogP contribution in [0.2, 0.25) is 0 Å². The first kappa shape index (κ1) is 10.1. The number of carbonyl (C=O) groups is 1. The van der Waals surface area contributed by atoms with E-state index >= 15 is 0 Å². The molecule has 0 bridgehead atoms. The molecule has 0 radical (unpaired) electrons. The Morgan fingerprint density at radius 3 is 3.00 bits per heavy atom. The first-order valence-electron chi connectivity index (χ1n) is 5.07. The number of amides is 1. The van der Waals surface area contributed by atoms with Gasteiger partial charge in [-0.15, -0.1) is 0 Å². The highest BCUT2D eigenvalue weighted by Crippen LogP contribution is 2.29. The van der Waals surface area contributed by atoms with Gasteiger partial charge in [0.15, 0.2) is 0 Å². The minimum absolute atomic E-state index is 0.0193. The molecule has 4 nitrogen and oxygen atoms in total. The van der Waals surface area contributed by atoms with Crippen LogP contribution in [-0.2, 0) is 4.79 Å². The number of rotatable bonds is 4. The highest BCUT2D eigenvalue weighted by molar-refractivity contribution is 6.02. The van der Waals surface area contributed by atoms with Gasteiger partial charge in [0.1, 0.15) is 6.04 Å². The minimum atomic E-state index is -0.271. The molecule has 1 aliphatic rings. The lowest BCUT2D eigenvalue weighted by atomic mass is 10.1. The zero-order chi connectivity index (χ0) is 10.7. The van der Waals surface area contributed by atoms with Gasteiger partial charge in [-0.3, -0.25) is 4.79 Å². The van der Waals surface area contributed by atoms with Crippen LogP contribution in [0, 0.1) is 0 Å². The van der Waals surface area contributed by atoms with Gasteiger partial charge in [0, 0.05) is 17.9 Å². The first-order valence-corrected chi connectivity index (χ1v) is 5.07. The van der Waals surface area contributed by atoms with Gasteiger partial charge in [-0.1, -0.05) is 18.2 Å². The van der Waals surface area contributed by atoms with Crippen molar-refractivity contribution < 1.29 is 9.90 Å². The Bertz CT molecular complexity index is 365. The van der Waals surface area contributed by atoms with Crippen molar-refractivity contribution in [2.45, 2.75) is 12.5 Å². The Hall–Kier alpha value is -1.39. The van der Waals surface area contributed by atoms with Crippen molar-refractivity contribution in [2.75, 3.05) is 18.5 Å². The van der Waals surface area contributed by atoms with Crippen molar-refractivity contribution in [1.82, 2.24) is 5.32 Å². The molecule has 1 unspecified atom stereocenters. The van der Waals surface area contributed by atoms with Crippen molar-refractivity contribution in [2.24, 2.45) is 0 Å². The van der Waals surface area contributed by atoms with E-state index in [1.165, 1.54) is 0 Å². The summed E-state index contributed by atoms with van der Waals surface area (Å²) in [6, 6.07) is 7.37. The molecule has 2 rings (SSSR count). The second-order valence-corrected chi connectivity index (χ2v) is 3.54. The largest absolute Gasteiger partial charge is 0.396 e. The quantitative estimate of drug-likeness (QED) is 0.634. The number of aliphatic hydroxyl groups excluding tert-OH is 1. The van der Waals surface area contributed by atoms with Gasteiger partial charge in [0.25, 0.3) is 0 Å². The summed E-state index contributed by atoms with van der Waals surface area (Å²) in [6.07, 6.45) is 0.659. The number of benzene rings is 1. The second-order valence-electron chi connectivity index (χ2n) is 3.54. The second kappa shape index (κ2) is 4.42. The Balaban J connectivity index is 2.08. The summed E-state index contributed by atoms with van der Waals surface area (Å²) < 4.78 is 0. The maximum atomic E-state index is 11.6. The predicted molar refractivity (Wildman–Crippen MR) is 57.5 cm³/mol. The molecule has 80 valence electrons. The summed E-state index contributed by atoms with van der Waals surface area (Å²) >= 11 is 0. The third-order valence-electron chi connectivity index (χ3n) is 2.48. The standard InChI is InChI=1S/C11H14N2O2/c14-7-3-6-12-10-8-4-1-2-5-9(8)13-11(10)15/h1-2,4-5,10,12,14H,3,6-7H2,(H,13,15). The van der Waals surface area contributed by atoms with E-state index in [0.29, 0.717) is 13.0 Å². The SMILES string of the molecule is O=C1Nc2ccccc2C1NCCCO. The first-order chi connectivity index (χ1) is 7.33. The van der Waals surface area contributed by atoms with E-state index < -0.39 is 0 Å². The maximum absolute atomic E-state index is 11.6. The molecule has 1 aliphatic heterocycles. The fraction of sp³-hybridized carbons (Fsp3) is 0.364. The molecule has 0 fully saturated rings. The number of aliphatic hydroxyl groups is 1. The highest BCUT2D eigenvalue weighted by atomic mass is 16.3. The molecule has 1 amide bonds. The average Bonchev–Trinajstić information content (AvgIpc) is 2.56. The molecular formula is C11H14N2O2. The minimum Gasteiger partial charge on any atom is -0.396 e. The topological polar surface area (TPSA) is 61.4 Å². The highest BCUT2D eigenvalue weighted by Gasteiger charge is 2.28. The lowest BCUT2D eigenvalue weighted by Gasteiger charge is -2.10. The molecule has 1 atom stereocenters. The number of anilines is 1. The van der Waals surface area contributed by atoms with Crippen LogP contribution < -0.4 is 10.6 Å². The van der Waals surface area contributed by atoms with E-state index in [1.807, 2.05) is 24.3 Å². The van der Waals surface area contributed by atoms with Crippen molar-refractivity contribution in [3.63, 3.8) is 0 Å². The van der Waals surface area contributed by atoms with E-state index in [2.05, 4.69) is 10.6 Å². The molecule has 4 heteroatoms. The third-order valence-corrected chi connectivity index (χ3v) is 2.48. The molecular weight excluding hydrogens is 192 g/mol. The Morgan fingerprint density at radius 1 is 1.40 bits per heavy atom. The normalized spacial score (nSPS) is 18.7. The monoisotopic (exact) mass is 206 g/mol. The van der Waals surface area contributed by atoms with Crippen molar-refractivity contribution in [1.29, 1.82) is 0 Å². The number of fused-ring (bicyclic) bond motifs is 1. The van der Waals surface area contributed by atoms with Crippen LogP contribution >= 0.6 is 0 Å². The van der Waals surface area contributed by atoms with Gasteiger partial charge in [-0.2, -0.15) is 0 Å².